The van der Waals surface area contributed by atoms with Crippen LogP contribution in [0.15, 0.2) is 6.20 Å². The number of amides is 1. The van der Waals surface area contributed by atoms with E-state index in [9.17, 15) is 4.79 Å². The van der Waals surface area contributed by atoms with Crippen LogP contribution in [0.2, 0.25) is 0 Å². The Bertz CT molecular complexity index is 408. The maximum Gasteiger partial charge on any atom is 1.00 e. The molecule has 8 heteroatoms. The molecule has 7 nitrogen and oxygen atoms in total. The zero-order valence-corrected chi connectivity index (χ0v) is 15.3. The molecule has 0 aliphatic rings. The van der Waals surface area contributed by atoms with E-state index in [4.69, 9.17) is 14.6 Å². The molecule has 0 spiro atoms. The Labute approximate surface area is 155 Å². The van der Waals surface area contributed by atoms with E-state index < -0.39 is 17.7 Å². The van der Waals surface area contributed by atoms with Gasteiger partial charge in [0.05, 0.1) is 0 Å². The van der Waals surface area contributed by atoms with Crippen LogP contribution in [0, 0.1) is 13.1 Å². The van der Waals surface area contributed by atoms with E-state index in [-0.39, 0.29) is 51.4 Å². The summed E-state index contributed by atoms with van der Waals surface area (Å²) in [5.74, 6) is -0.184. The van der Waals surface area contributed by atoms with Crippen molar-refractivity contribution < 1.29 is 70.8 Å². The fraction of sp³-hybridized carbons (Fsp3) is 0.545. The Morgan fingerprint density at radius 2 is 1.95 bits per heavy atom. The molecule has 1 aromatic heterocycles. The number of aromatic nitrogens is 2. The van der Waals surface area contributed by atoms with Crippen LogP contribution < -0.4 is 56.8 Å². The van der Waals surface area contributed by atoms with Crippen molar-refractivity contribution in [3.63, 3.8) is 0 Å². The Morgan fingerprint density at radius 1 is 1.47 bits per heavy atom. The Hall–Kier alpha value is -0.414. The number of carboxylic acids is 1. The van der Waals surface area contributed by atoms with Crippen molar-refractivity contribution in [2.24, 2.45) is 0 Å². The van der Waals surface area contributed by atoms with E-state index in [0.717, 1.165) is 6.92 Å². The molecule has 0 atom stereocenters. The second kappa shape index (κ2) is 9.48. The minimum atomic E-state index is -0.833. The van der Waals surface area contributed by atoms with E-state index >= 15 is 0 Å². The number of hydrogen-bond donors (Lipinski definition) is 2. The zero-order valence-electron chi connectivity index (χ0n) is 12.1. The average molecular weight is 295 g/mol. The summed E-state index contributed by atoms with van der Waals surface area (Å²) in [5.41, 5.74) is 2.01. The number of ether oxygens (including phenoxy) is 1. The summed E-state index contributed by atoms with van der Waals surface area (Å²) in [6.45, 7) is 8.26. The van der Waals surface area contributed by atoms with Gasteiger partial charge in [0.15, 0.2) is 0 Å². The third kappa shape index (κ3) is 12.4. The number of imidazole rings is 1. The Kier molecular flexibility index (Phi) is 10.4. The van der Waals surface area contributed by atoms with Gasteiger partial charge in [0, 0.05) is 6.92 Å². The van der Waals surface area contributed by atoms with Gasteiger partial charge in [0.2, 0.25) is 0 Å². The molecule has 0 bridgehead atoms. The maximum absolute atomic E-state index is 11.3. The largest absolute Gasteiger partial charge is 1.00 e. The molecule has 0 fully saturated rings. The first-order valence-corrected chi connectivity index (χ1v) is 5.23. The maximum atomic E-state index is 11.3. The van der Waals surface area contributed by atoms with Gasteiger partial charge < -0.3 is 19.5 Å². The first kappa shape index (κ1) is 20.9. The number of rotatable bonds is 1. The summed E-state index contributed by atoms with van der Waals surface area (Å²) in [6.07, 6.45) is 3.63. The van der Waals surface area contributed by atoms with Crippen LogP contribution in [0.3, 0.4) is 0 Å². The summed E-state index contributed by atoms with van der Waals surface area (Å²) in [4.78, 5) is 24.1. The van der Waals surface area contributed by atoms with Gasteiger partial charge in [-0.2, -0.15) is 0 Å². The molecule has 1 heterocycles. The molecular weight excluding hydrogens is 277 g/mol. The number of aliphatic carboxylic acids is 1. The Balaban J connectivity index is 0. The van der Waals surface area contributed by atoms with Gasteiger partial charge in [0.25, 0.3) is 5.97 Å². The van der Waals surface area contributed by atoms with Crippen LogP contribution in [-0.2, 0) is 9.53 Å². The van der Waals surface area contributed by atoms with Crippen LogP contribution in [0.5, 0.6) is 0 Å². The van der Waals surface area contributed by atoms with Crippen molar-refractivity contribution >= 4 is 12.1 Å². The zero-order chi connectivity index (χ0) is 14.3. The first-order valence-electron chi connectivity index (χ1n) is 5.23. The van der Waals surface area contributed by atoms with Gasteiger partial charge in [-0.1, -0.05) is 13.1 Å². The number of nitrogens with one attached hydrogen (secondary N) is 1. The number of carboxylic acid groups (broad SMARTS) is 1. The van der Waals surface area contributed by atoms with Gasteiger partial charge in [-0.05, 0) is 26.6 Å². The van der Waals surface area contributed by atoms with Crippen LogP contribution in [0.1, 0.15) is 33.5 Å². The predicted molar refractivity (Wildman–Crippen MR) is 64.7 cm³/mol. The Morgan fingerprint density at radius 3 is 2.26 bits per heavy atom. The standard InChI is InChI=1S/C9H14N3O2.C2H4O2.K/c1-7-10-5-6-12(7)11-8(13)14-9(2,3)4;1-2(3)4;/h6H,1-4H3,(H,11,13);1H3,(H,3,4);/q-1;;+1. The number of carbonyl (C=O) groups excluding carboxylic acids is 1. The number of aryl methyl sites for hydroxylation is 1. The second-order valence-corrected chi connectivity index (χ2v) is 4.42. The molecular formula is C11H18KN3O4. The number of carbonyl (C=O) groups is 2. The molecule has 0 aromatic carbocycles. The third-order valence-corrected chi connectivity index (χ3v) is 1.37. The molecule has 2 N–H and O–H groups in total. The molecule has 0 unspecified atom stereocenters. The predicted octanol–water partition coefficient (Wildman–Crippen LogP) is -1.43. The summed E-state index contributed by atoms with van der Waals surface area (Å²) in [7, 11) is 0. The second-order valence-electron chi connectivity index (χ2n) is 4.42. The molecule has 1 aromatic rings. The minimum absolute atomic E-state index is 0. The minimum Gasteiger partial charge on any atom is -0.481 e. The van der Waals surface area contributed by atoms with Crippen molar-refractivity contribution in [1.82, 2.24) is 9.66 Å². The third-order valence-electron chi connectivity index (χ3n) is 1.37. The monoisotopic (exact) mass is 295 g/mol. The van der Waals surface area contributed by atoms with E-state index in [1.165, 1.54) is 10.9 Å². The van der Waals surface area contributed by atoms with Crippen molar-refractivity contribution in [2.75, 3.05) is 5.43 Å². The van der Waals surface area contributed by atoms with Gasteiger partial charge >= 0.3 is 57.5 Å². The van der Waals surface area contributed by atoms with Gasteiger partial charge in [-0.15, -0.1) is 6.20 Å². The SMILES string of the molecule is CC(=O)O.Cc1n[c-]cn1NC(=O)OC(C)(C)C.[K+]. The molecule has 19 heavy (non-hydrogen) atoms. The number of hydrogen-bond acceptors (Lipinski definition) is 4. The quantitative estimate of drug-likeness (QED) is 0.489. The van der Waals surface area contributed by atoms with E-state index in [1.54, 1.807) is 27.7 Å². The topological polar surface area (TPSA) is 93.5 Å². The average Bonchev–Trinajstić information content (AvgIpc) is 2.47. The number of nitrogens with zero attached hydrogens (tertiary/aromatic N) is 2. The van der Waals surface area contributed by atoms with Crippen LogP contribution in [-0.4, -0.2) is 32.4 Å². The summed E-state index contributed by atoms with van der Waals surface area (Å²) in [6, 6.07) is 0. The van der Waals surface area contributed by atoms with Crippen LogP contribution in [0.25, 0.3) is 0 Å². The van der Waals surface area contributed by atoms with E-state index in [0.29, 0.717) is 5.82 Å². The fourth-order valence-corrected chi connectivity index (χ4v) is 0.840. The molecule has 0 saturated carbocycles. The van der Waals surface area contributed by atoms with Crippen molar-refractivity contribution in [3.05, 3.63) is 18.2 Å². The molecule has 0 radical (unpaired) electrons. The van der Waals surface area contributed by atoms with Gasteiger partial charge in [0.1, 0.15) is 5.60 Å². The normalized spacial score (nSPS) is 9.53. The molecule has 1 amide bonds. The molecule has 102 valence electrons. The first-order chi connectivity index (χ1) is 8.11. The van der Waals surface area contributed by atoms with Crippen molar-refractivity contribution in [3.8, 4) is 0 Å². The van der Waals surface area contributed by atoms with Crippen molar-refractivity contribution in [2.45, 2.75) is 40.2 Å². The molecule has 0 saturated heterocycles. The fourth-order valence-electron chi connectivity index (χ4n) is 0.840. The van der Waals surface area contributed by atoms with Gasteiger partial charge in [-0.3, -0.25) is 4.79 Å². The summed E-state index contributed by atoms with van der Waals surface area (Å²) < 4.78 is 6.51. The molecule has 1 rings (SSSR count). The van der Waals surface area contributed by atoms with E-state index in [1.807, 2.05) is 0 Å². The summed E-state index contributed by atoms with van der Waals surface area (Å²) in [5, 5.41) is 7.42. The van der Waals surface area contributed by atoms with Gasteiger partial charge in [-0.25, -0.2) is 10.2 Å². The van der Waals surface area contributed by atoms with Crippen LogP contribution >= 0.6 is 0 Å². The summed E-state index contributed by atoms with van der Waals surface area (Å²) >= 11 is 0. The van der Waals surface area contributed by atoms with Crippen molar-refractivity contribution in [1.29, 1.82) is 0 Å². The molecule has 0 aliphatic heterocycles. The smallest absolute Gasteiger partial charge is 0.481 e. The molecule has 0 aliphatic carbocycles. The van der Waals surface area contributed by atoms with Crippen LogP contribution in [0.4, 0.5) is 4.79 Å². The van der Waals surface area contributed by atoms with E-state index in [2.05, 4.69) is 16.6 Å².